The summed E-state index contributed by atoms with van der Waals surface area (Å²) in [4.78, 5) is 29.4. The zero-order valence-electron chi connectivity index (χ0n) is 14.4. The van der Waals surface area contributed by atoms with E-state index in [0.29, 0.717) is 19.5 Å². The summed E-state index contributed by atoms with van der Waals surface area (Å²) >= 11 is 0. The van der Waals surface area contributed by atoms with Gasteiger partial charge in [0.1, 0.15) is 6.10 Å². The van der Waals surface area contributed by atoms with E-state index in [2.05, 4.69) is 16.4 Å². The van der Waals surface area contributed by atoms with Crippen LogP contribution in [0.4, 0.5) is 10.5 Å². The number of pyridine rings is 1. The molecule has 2 aliphatic rings. The Bertz CT molecular complexity index is 883. The number of nitrogens with one attached hydrogen (secondary N) is 1. The van der Waals surface area contributed by atoms with E-state index in [1.807, 2.05) is 24.4 Å². The summed E-state index contributed by atoms with van der Waals surface area (Å²) in [7, 11) is 0. The number of amides is 2. The molecule has 1 fully saturated rings. The van der Waals surface area contributed by atoms with Crippen molar-refractivity contribution in [2.45, 2.75) is 32.0 Å². The fourth-order valence-corrected chi connectivity index (χ4v) is 3.63. The fraction of sp³-hybridized carbons (Fsp3) is 0.316. The van der Waals surface area contributed by atoms with Crippen LogP contribution in [0, 0.1) is 0 Å². The summed E-state index contributed by atoms with van der Waals surface area (Å²) in [6.45, 7) is 2.22. The van der Waals surface area contributed by atoms with Gasteiger partial charge in [-0.25, -0.2) is 4.79 Å². The van der Waals surface area contributed by atoms with Crippen LogP contribution in [0.25, 0.3) is 11.1 Å². The molecule has 26 heavy (non-hydrogen) atoms. The Balaban J connectivity index is 1.61. The van der Waals surface area contributed by atoms with Crippen molar-refractivity contribution in [3.63, 3.8) is 0 Å². The molecule has 0 unspecified atom stereocenters. The average molecular weight is 352 g/mol. The minimum atomic E-state index is -0.358. The normalized spacial score (nSPS) is 20.5. The monoisotopic (exact) mass is 352 g/mol. The van der Waals surface area contributed by atoms with Crippen LogP contribution in [0.3, 0.4) is 0 Å². The molecule has 3 N–H and O–H groups in total. The fourth-order valence-electron chi connectivity index (χ4n) is 3.63. The molecular weight excluding hydrogens is 332 g/mol. The molecule has 0 aliphatic carbocycles. The first-order valence-electron chi connectivity index (χ1n) is 8.58. The van der Waals surface area contributed by atoms with Crippen molar-refractivity contribution in [1.82, 2.24) is 10.3 Å². The quantitative estimate of drug-likeness (QED) is 0.871. The Morgan fingerprint density at radius 2 is 2.19 bits per heavy atom. The van der Waals surface area contributed by atoms with Crippen molar-refractivity contribution in [3.05, 3.63) is 47.8 Å². The van der Waals surface area contributed by atoms with Crippen molar-refractivity contribution in [2.75, 3.05) is 11.4 Å². The second kappa shape index (κ2) is 6.42. The van der Waals surface area contributed by atoms with Crippen molar-refractivity contribution < 1.29 is 14.3 Å². The van der Waals surface area contributed by atoms with Gasteiger partial charge in [0, 0.05) is 31.4 Å². The number of rotatable bonds is 4. The highest BCUT2D eigenvalue weighted by molar-refractivity contribution is 5.94. The van der Waals surface area contributed by atoms with E-state index in [4.69, 9.17) is 10.5 Å². The molecule has 1 saturated heterocycles. The lowest BCUT2D eigenvalue weighted by molar-refractivity contribution is -0.119. The summed E-state index contributed by atoms with van der Waals surface area (Å²) in [6.07, 6.45) is 3.57. The standard InChI is InChI=1S/C19H20N4O3/c1-11(24)22-10-18-17-6-14-5-13(15-4-12(7-20)8-21-9-15)2-3-16(14)23(17)19(25)26-18/h2-5,8-9,17-18H,6-7,10,20H2,1H3,(H,22,24)/t17-,18-/m0/s1. The molecule has 2 aromatic rings. The van der Waals surface area contributed by atoms with E-state index in [-0.39, 0.29) is 24.1 Å². The predicted molar refractivity (Wildman–Crippen MR) is 96.5 cm³/mol. The lowest BCUT2D eigenvalue weighted by atomic mass is 10.00. The number of ether oxygens (including phenoxy) is 1. The van der Waals surface area contributed by atoms with Gasteiger partial charge in [-0.15, -0.1) is 0 Å². The number of hydrogen-bond donors (Lipinski definition) is 2. The van der Waals surface area contributed by atoms with Crippen molar-refractivity contribution in [3.8, 4) is 11.1 Å². The first-order valence-corrected chi connectivity index (χ1v) is 8.58. The second-order valence-corrected chi connectivity index (χ2v) is 6.63. The molecule has 0 radical (unpaired) electrons. The van der Waals surface area contributed by atoms with E-state index in [0.717, 1.165) is 27.9 Å². The Hall–Kier alpha value is -2.93. The molecular formula is C19H20N4O3. The van der Waals surface area contributed by atoms with E-state index in [1.165, 1.54) is 6.92 Å². The van der Waals surface area contributed by atoms with E-state index < -0.39 is 0 Å². The molecule has 3 heterocycles. The Morgan fingerprint density at radius 3 is 2.96 bits per heavy atom. The summed E-state index contributed by atoms with van der Waals surface area (Å²) in [5.74, 6) is -0.135. The third kappa shape index (κ3) is 2.80. The summed E-state index contributed by atoms with van der Waals surface area (Å²) < 4.78 is 5.43. The van der Waals surface area contributed by atoms with Gasteiger partial charge in [-0.2, -0.15) is 0 Å². The van der Waals surface area contributed by atoms with Gasteiger partial charge in [-0.1, -0.05) is 6.07 Å². The third-order valence-corrected chi connectivity index (χ3v) is 4.89. The molecule has 2 amide bonds. The molecule has 7 heteroatoms. The molecule has 134 valence electrons. The number of benzene rings is 1. The van der Waals surface area contributed by atoms with Crippen molar-refractivity contribution in [1.29, 1.82) is 0 Å². The maximum atomic E-state index is 12.3. The SMILES string of the molecule is CC(=O)NC[C@@H]1OC(=O)N2c3ccc(-c4cncc(CN)c4)cc3C[C@@H]12. The highest BCUT2D eigenvalue weighted by atomic mass is 16.6. The Labute approximate surface area is 151 Å². The van der Waals surface area contributed by atoms with Crippen LogP contribution in [-0.4, -0.2) is 35.7 Å². The largest absolute Gasteiger partial charge is 0.442 e. The number of nitrogens with zero attached hydrogens (tertiary/aromatic N) is 2. The molecule has 0 spiro atoms. The molecule has 4 rings (SSSR count). The van der Waals surface area contributed by atoms with Gasteiger partial charge in [0.2, 0.25) is 5.91 Å². The molecule has 1 aromatic carbocycles. The van der Waals surface area contributed by atoms with E-state index in [1.54, 1.807) is 11.1 Å². The van der Waals surface area contributed by atoms with Crippen LogP contribution in [0.2, 0.25) is 0 Å². The van der Waals surface area contributed by atoms with Crippen LogP contribution in [0.5, 0.6) is 0 Å². The van der Waals surface area contributed by atoms with E-state index >= 15 is 0 Å². The topological polar surface area (TPSA) is 97.5 Å². The average Bonchev–Trinajstić information content (AvgIpc) is 3.17. The van der Waals surface area contributed by atoms with Gasteiger partial charge >= 0.3 is 6.09 Å². The van der Waals surface area contributed by atoms with Gasteiger partial charge in [-0.3, -0.25) is 14.7 Å². The highest BCUT2D eigenvalue weighted by Gasteiger charge is 2.47. The molecule has 0 saturated carbocycles. The number of nitrogens with two attached hydrogens (primary N) is 1. The van der Waals surface area contributed by atoms with Crippen LogP contribution in [0.1, 0.15) is 18.1 Å². The van der Waals surface area contributed by atoms with Crippen LogP contribution < -0.4 is 16.0 Å². The molecule has 2 aliphatic heterocycles. The lowest BCUT2D eigenvalue weighted by Gasteiger charge is -2.16. The molecule has 1 aromatic heterocycles. The number of cyclic esters (lactones) is 1. The maximum absolute atomic E-state index is 12.3. The predicted octanol–water partition coefficient (Wildman–Crippen LogP) is 1.59. The highest BCUT2D eigenvalue weighted by Crippen LogP contribution is 2.40. The first kappa shape index (κ1) is 16.5. The number of hydrogen-bond acceptors (Lipinski definition) is 5. The summed E-state index contributed by atoms with van der Waals surface area (Å²) in [5, 5.41) is 2.73. The number of carbonyl (C=O) groups is 2. The molecule has 2 atom stereocenters. The lowest BCUT2D eigenvalue weighted by Crippen LogP contribution is -2.40. The Kier molecular flexibility index (Phi) is 4.08. The minimum absolute atomic E-state index is 0.0897. The smallest absolute Gasteiger partial charge is 0.415 e. The number of anilines is 1. The summed E-state index contributed by atoms with van der Waals surface area (Å²) in [5.41, 5.74) is 10.7. The van der Waals surface area contributed by atoms with Crippen molar-refractivity contribution in [2.24, 2.45) is 5.73 Å². The third-order valence-electron chi connectivity index (χ3n) is 4.89. The molecule has 0 bridgehead atoms. The van der Waals surface area contributed by atoms with Gasteiger partial charge in [0.25, 0.3) is 0 Å². The summed E-state index contributed by atoms with van der Waals surface area (Å²) in [6, 6.07) is 7.95. The molecule has 7 nitrogen and oxygen atoms in total. The first-order chi connectivity index (χ1) is 12.6. The number of aromatic nitrogens is 1. The van der Waals surface area contributed by atoms with Crippen LogP contribution in [0.15, 0.2) is 36.7 Å². The zero-order valence-corrected chi connectivity index (χ0v) is 14.4. The second-order valence-electron chi connectivity index (χ2n) is 6.63. The number of fused-ring (bicyclic) bond motifs is 3. The number of carbonyl (C=O) groups excluding carboxylic acids is 2. The van der Waals surface area contributed by atoms with Gasteiger partial charge in [-0.05, 0) is 41.3 Å². The van der Waals surface area contributed by atoms with Crippen molar-refractivity contribution >= 4 is 17.7 Å². The van der Waals surface area contributed by atoms with Gasteiger partial charge in [0.15, 0.2) is 0 Å². The van der Waals surface area contributed by atoms with Crippen LogP contribution >= 0.6 is 0 Å². The minimum Gasteiger partial charge on any atom is -0.442 e. The van der Waals surface area contributed by atoms with E-state index in [9.17, 15) is 9.59 Å². The van der Waals surface area contributed by atoms with Crippen LogP contribution in [-0.2, 0) is 22.5 Å². The van der Waals surface area contributed by atoms with Gasteiger partial charge in [0.05, 0.1) is 18.3 Å². The Morgan fingerprint density at radius 1 is 1.35 bits per heavy atom. The van der Waals surface area contributed by atoms with Gasteiger partial charge < -0.3 is 15.8 Å². The zero-order chi connectivity index (χ0) is 18.3. The maximum Gasteiger partial charge on any atom is 0.415 e.